The van der Waals surface area contributed by atoms with Gasteiger partial charge in [-0.1, -0.05) is 48.5 Å². The van der Waals surface area contributed by atoms with Crippen LogP contribution in [0.5, 0.6) is 0 Å². The Bertz CT molecular complexity index is 1050. The second-order valence-corrected chi connectivity index (χ2v) is 7.12. The predicted molar refractivity (Wildman–Crippen MR) is 110 cm³/mol. The topological polar surface area (TPSA) is 56.7 Å². The van der Waals surface area contributed by atoms with E-state index in [2.05, 4.69) is 66.0 Å². The van der Waals surface area contributed by atoms with Gasteiger partial charge in [0.05, 0.1) is 5.52 Å². The van der Waals surface area contributed by atoms with E-state index in [0.717, 1.165) is 33.4 Å². The lowest BCUT2D eigenvalue weighted by atomic mass is 9.94. The zero-order chi connectivity index (χ0) is 18.8. The van der Waals surface area contributed by atoms with E-state index in [1.807, 2.05) is 30.5 Å². The van der Waals surface area contributed by atoms with Crippen molar-refractivity contribution in [1.29, 1.82) is 0 Å². The van der Waals surface area contributed by atoms with Crippen molar-refractivity contribution in [1.82, 2.24) is 14.8 Å². The largest absolute Gasteiger partial charge is 0.324 e. The molecule has 4 rings (SSSR count). The molecule has 0 saturated heterocycles. The molecule has 27 heavy (non-hydrogen) atoms. The van der Waals surface area contributed by atoms with Crippen LogP contribution in [0.3, 0.4) is 0 Å². The standard InChI is InChI=1S/C23H24N4/c1-16(2)27-22-13-6-5-12-20(22)23(26-27)19-11-4-3-10-18(19)21(24)15-17-9-7-8-14-25-17/h3-14,16,21H,15,24H2,1-2H3/t21-/m0/s1. The second kappa shape index (κ2) is 7.33. The van der Waals surface area contributed by atoms with Gasteiger partial charge in [-0.2, -0.15) is 5.10 Å². The highest BCUT2D eigenvalue weighted by atomic mass is 15.3. The third-order valence-corrected chi connectivity index (χ3v) is 4.87. The van der Waals surface area contributed by atoms with Crippen molar-refractivity contribution in [3.63, 3.8) is 0 Å². The van der Waals surface area contributed by atoms with Crippen LogP contribution < -0.4 is 5.73 Å². The summed E-state index contributed by atoms with van der Waals surface area (Å²) in [5.74, 6) is 0. The summed E-state index contributed by atoms with van der Waals surface area (Å²) < 4.78 is 2.09. The van der Waals surface area contributed by atoms with Crippen molar-refractivity contribution in [2.45, 2.75) is 32.4 Å². The van der Waals surface area contributed by atoms with E-state index in [1.54, 1.807) is 0 Å². The molecular weight excluding hydrogens is 332 g/mol. The van der Waals surface area contributed by atoms with Crippen molar-refractivity contribution in [3.05, 3.63) is 84.2 Å². The molecule has 2 heterocycles. The first-order valence-corrected chi connectivity index (χ1v) is 9.37. The molecule has 0 bridgehead atoms. The molecule has 2 aromatic carbocycles. The molecule has 0 aliphatic carbocycles. The minimum Gasteiger partial charge on any atom is -0.324 e. The highest BCUT2D eigenvalue weighted by molar-refractivity contribution is 5.94. The summed E-state index contributed by atoms with van der Waals surface area (Å²) in [4.78, 5) is 4.42. The predicted octanol–water partition coefficient (Wildman–Crippen LogP) is 4.92. The molecule has 0 unspecified atom stereocenters. The Morgan fingerprint density at radius 1 is 0.926 bits per heavy atom. The third-order valence-electron chi connectivity index (χ3n) is 4.87. The van der Waals surface area contributed by atoms with E-state index in [4.69, 9.17) is 10.8 Å². The third kappa shape index (κ3) is 3.36. The van der Waals surface area contributed by atoms with Crippen LogP contribution in [0.2, 0.25) is 0 Å². The molecule has 4 heteroatoms. The van der Waals surface area contributed by atoms with Crippen LogP contribution in [-0.2, 0) is 6.42 Å². The van der Waals surface area contributed by atoms with Crippen molar-refractivity contribution in [2.75, 3.05) is 0 Å². The minimum absolute atomic E-state index is 0.140. The van der Waals surface area contributed by atoms with E-state index in [9.17, 15) is 0 Å². The number of aromatic nitrogens is 3. The quantitative estimate of drug-likeness (QED) is 0.552. The molecule has 4 aromatic rings. The average molecular weight is 356 g/mol. The van der Waals surface area contributed by atoms with Crippen LogP contribution in [0.15, 0.2) is 72.9 Å². The number of fused-ring (bicyclic) bond motifs is 1. The van der Waals surface area contributed by atoms with Crippen LogP contribution >= 0.6 is 0 Å². The molecule has 0 aliphatic rings. The highest BCUT2D eigenvalue weighted by Gasteiger charge is 2.19. The molecule has 0 radical (unpaired) electrons. The maximum Gasteiger partial charge on any atom is 0.100 e. The van der Waals surface area contributed by atoms with Gasteiger partial charge in [-0.05, 0) is 37.6 Å². The Morgan fingerprint density at radius 2 is 1.67 bits per heavy atom. The van der Waals surface area contributed by atoms with Gasteiger partial charge in [0.15, 0.2) is 0 Å². The van der Waals surface area contributed by atoms with Crippen LogP contribution in [0.1, 0.15) is 37.2 Å². The van der Waals surface area contributed by atoms with Crippen molar-refractivity contribution in [3.8, 4) is 11.3 Å². The maximum absolute atomic E-state index is 6.60. The first-order chi connectivity index (χ1) is 13.1. The number of nitrogens with two attached hydrogens (primary N) is 1. The Balaban J connectivity index is 1.81. The Hall–Kier alpha value is -2.98. The monoisotopic (exact) mass is 356 g/mol. The number of hydrogen-bond donors (Lipinski definition) is 1. The number of benzene rings is 2. The minimum atomic E-state index is -0.140. The first kappa shape index (κ1) is 17.4. The summed E-state index contributed by atoms with van der Waals surface area (Å²) in [6.07, 6.45) is 2.51. The Kier molecular flexibility index (Phi) is 4.73. The summed E-state index contributed by atoms with van der Waals surface area (Å²) in [5.41, 5.74) is 11.9. The molecule has 0 aliphatic heterocycles. The smallest absolute Gasteiger partial charge is 0.100 e. The molecule has 0 saturated carbocycles. The number of para-hydroxylation sites is 1. The number of hydrogen-bond acceptors (Lipinski definition) is 3. The lowest BCUT2D eigenvalue weighted by Gasteiger charge is -2.15. The van der Waals surface area contributed by atoms with Crippen LogP contribution in [0, 0.1) is 0 Å². The Labute approximate surface area is 159 Å². The molecular formula is C23H24N4. The van der Waals surface area contributed by atoms with Crippen LogP contribution in [-0.4, -0.2) is 14.8 Å². The van der Waals surface area contributed by atoms with Crippen LogP contribution in [0.4, 0.5) is 0 Å². The molecule has 136 valence electrons. The molecule has 1 atom stereocenters. The van der Waals surface area contributed by atoms with Crippen LogP contribution in [0.25, 0.3) is 22.2 Å². The molecule has 4 nitrogen and oxygen atoms in total. The van der Waals surface area contributed by atoms with Gasteiger partial charge in [-0.15, -0.1) is 0 Å². The summed E-state index contributed by atoms with van der Waals surface area (Å²) >= 11 is 0. The fourth-order valence-electron chi connectivity index (χ4n) is 3.57. The van der Waals surface area contributed by atoms with Gasteiger partial charge in [0.25, 0.3) is 0 Å². The molecule has 0 spiro atoms. The number of pyridine rings is 1. The van der Waals surface area contributed by atoms with Gasteiger partial charge in [0, 0.05) is 41.3 Å². The van der Waals surface area contributed by atoms with E-state index in [-0.39, 0.29) is 12.1 Å². The summed E-state index contributed by atoms with van der Waals surface area (Å²) in [7, 11) is 0. The summed E-state index contributed by atoms with van der Waals surface area (Å²) in [5, 5.41) is 6.11. The van der Waals surface area contributed by atoms with Crippen molar-refractivity contribution < 1.29 is 0 Å². The van der Waals surface area contributed by atoms with Gasteiger partial charge < -0.3 is 5.73 Å². The second-order valence-electron chi connectivity index (χ2n) is 7.12. The molecule has 0 fully saturated rings. The van der Waals surface area contributed by atoms with E-state index in [1.165, 1.54) is 0 Å². The SMILES string of the molecule is CC(C)n1nc(-c2ccccc2[C@@H](N)Cc2ccccn2)c2ccccc21. The fourth-order valence-corrected chi connectivity index (χ4v) is 3.57. The van der Waals surface area contributed by atoms with Gasteiger partial charge in [0.2, 0.25) is 0 Å². The van der Waals surface area contributed by atoms with Gasteiger partial charge in [-0.3, -0.25) is 9.67 Å². The number of nitrogens with zero attached hydrogens (tertiary/aromatic N) is 3. The fraction of sp³-hybridized carbons (Fsp3) is 0.217. The van der Waals surface area contributed by atoms with E-state index in [0.29, 0.717) is 6.42 Å². The molecule has 2 aromatic heterocycles. The zero-order valence-corrected chi connectivity index (χ0v) is 15.7. The van der Waals surface area contributed by atoms with Gasteiger partial charge in [-0.25, -0.2) is 0 Å². The average Bonchev–Trinajstić information content (AvgIpc) is 3.09. The van der Waals surface area contributed by atoms with Gasteiger partial charge >= 0.3 is 0 Å². The van der Waals surface area contributed by atoms with Crippen molar-refractivity contribution in [2.24, 2.45) is 5.73 Å². The molecule has 0 amide bonds. The normalized spacial score (nSPS) is 12.6. The number of rotatable bonds is 5. The summed E-state index contributed by atoms with van der Waals surface area (Å²) in [6, 6.07) is 22.8. The van der Waals surface area contributed by atoms with E-state index < -0.39 is 0 Å². The lowest BCUT2D eigenvalue weighted by molar-refractivity contribution is 0.552. The summed E-state index contributed by atoms with van der Waals surface area (Å²) in [6.45, 7) is 4.31. The first-order valence-electron chi connectivity index (χ1n) is 9.37. The zero-order valence-electron chi connectivity index (χ0n) is 15.7. The van der Waals surface area contributed by atoms with Crippen molar-refractivity contribution >= 4 is 10.9 Å². The highest BCUT2D eigenvalue weighted by Crippen LogP contribution is 2.34. The molecule has 2 N–H and O–H groups in total. The van der Waals surface area contributed by atoms with E-state index >= 15 is 0 Å². The Morgan fingerprint density at radius 3 is 2.44 bits per heavy atom. The maximum atomic E-state index is 6.60. The van der Waals surface area contributed by atoms with Gasteiger partial charge in [0.1, 0.15) is 5.69 Å². The lowest BCUT2D eigenvalue weighted by Crippen LogP contribution is -2.15.